The predicted molar refractivity (Wildman–Crippen MR) is 78.8 cm³/mol. The Balaban J connectivity index is 1.90. The third-order valence-corrected chi connectivity index (χ3v) is 3.38. The molecule has 2 heteroatoms. The number of rotatable bonds is 6. The van der Waals surface area contributed by atoms with Crippen LogP contribution in [0.4, 0.5) is 8.78 Å². The smallest absolute Gasteiger partial charge is 0.173 e. The van der Waals surface area contributed by atoms with Crippen molar-refractivity contribution in [1.82, 2.24) is 0 Å². The summed E-state index contributed by atoms with van der Waals surface area (Å²) in [5.41, 5.74) is 2.48. The SMILES string of the molecule is FC(F)=C(CCc1ccccc1)CCc1ccccc1. The molecule has 20 heavy (non-hydrogen) atoms. The number of halogens is 2. The number of hydrogen-bond donors (Lipinski definition) is 0. The van der Waals surface area contributed by atoms with Crippen molar-refractivity contribution in [2.24, 2.45) is 0 Å². The lowest BCUT2D eigenvalue weighted by Crippen LogP contribution is -1.94. The molecule has 0 N–H and O–H groups in total. The maximum absolute atomic E-state index is 13.0. The Labute approximate surface area is 118 Å². The molecule has 0 saturated carbocycles. The van der Waals surface area contributed by atoms with Crippen molar-refractivity contribution in [1.29, 1.82) is 0 Å². The van der Waals surface area contributed by atoms with Gasteiger partial charge in [-0.2, -0.15) is 8.78 Å². The van der Waals surface area contributed by atoms with E-state index in [1.165, 1.54) is 0 Å². The zero-order chi connectivity index (χ0) is 14.2. The summed E-state index contributed by atoms with van der Waals surface area (Å²) in [5.74, 6) is 0. The molecular weight excluding hydrogens is 254 g/mol. The summed E-state index contributed by atoms with van der Waals surface area (Å²) in [6, 6.07) is 19.5. The summed E-state index contributed by atoms with van der Waals surface area (Å²) < 4.78 is 26.0. The standard InChI is InChI=1S/C18H18F2/c19-18(20)17(13-11-15-7-3-1-4-8-15)14-12-16-9-5-2-6-10-16/h1-10H,11-14H2. The van der Waals surface area contributed by atoms with Crippen LogP contribution in [0, 0.1) is 0 Å². The zero-order valence-corrected chi connectivity index (χ0v) is 11.4. The van der Waals surface area contributed by atoms with Crippen LogP contribution in [0.15, 0.2) is 72.3 Å². The summed E-state index contributed by atoms with van der Waals surface area (Å²) in [7, 11) is 0. The Morgan fingerprint density at radius 3 is 1.40 bits per heavy atom. The molecular formula is C18H18F2. The van der Waals surface area contributed by atoms with E-state index in [9.17, 15) is 8.78 Å². The van der Waals surface area contributed by atoms with E-state index in [1.54, 1.807) is 0 Å². The summed E-state index contributed by atoms with van der Waals surface area (Å²) in [6.45, 7) is 0. The van der Waals surface area contributed by atoms with E-state index in [0.717, 1.165) is 11.1 Å². The molecule has 0 heterocycles. The first-order valence-electron chi connectivity index (χ1n) is 6.86. The minimum absolute atomic E-state index is 0.276. The van der Waals surface area contributed by atoms with Crippen molar-refractivity contribution < 1.29 is 8.78 Å². The van der Waals surface area contributed by atoms with E-state index in [0.29, 0.717) is 25.7 Å². The molecule has 0 spiro atoms. The molecule has 0 saturated heterocycles. The molecule has 0 nitrogen and oxygen atoms in total. The van der Waals surface area contributed by atoms with Gasteiger partial charge in [-0.05, 0) is 42.4 Å². The number of allylic oxidation sites excluding steroid dienone is 1. The average Bonchev–Trinajstić information content (AvgIpc) is 2.49. The van der Waals surface area contributed by atoms with Gasteiger partial charge < -0.3 is 0 Å². The fourth-order valence-corrected chi connectivity index (χ4v) is 2.19. The second-order valence-electron chi connectivity index (χ2n) is 4.84. The Bertz CT molecular complexity index is 495. The molecule has 0 aliphatic carbocycles. The quantitative estimate of drug-likeness (QED) is 0.660. The lowest BCUT2D eigenvalue weighted by atomic mass is 9.99. The van der Waals surface area contributed by atoms with Crippen molar-refractivity contribution >= 4 is 0 Å². The van der Waals surface area contributed by atoms with E-state index in [2.05, 4.69) is 0 Å². The Morgan fingerprint density at radius 1 is 0.650 bits per heavy atom. The van der Waals surface area contributed by atoms with Gasteiger partial charge in [0.15, 0.2) is 0 Å². The first-order chi connectivity index (χ1) is 9.75. The molecule has 2 aromatic carbocycles. The van der Waals surface area contributed by atoms with E-state index in [-0.39, 0.29) is 5.57 Å². The minimum atomic E-state index is -1.52. The molecule has 0 aliphatic heterocycles. The van der Waals surface area contributed by atoms with Crippen molar-refractivity contribution in [3.8, 4) is 0 Å². The van der Waals surface area contributed by atoms with Crippen molar-refractivity contribution in [3.63, 3.8) is 0 Å². The Morgan fingerprint density at radius 2 is 1.05 bits per heavy atom. The monoisotopic (exact) mass is 272 g/mol. The molecule has 104 valence electrons. The van der Waals surface area contributed by atoms with Crippen LogP contribution < -0.4 is 0 Å². The Hall–Kier alpha value is -1.96. The van der Waals surface area contributed by atoms with Crippen LogP contribution >= 0.6 is 0 Å². The van der Waals surface area contributed by atoms with Gasteiger partial charge in [0.2, 0.25) is 0 Å². The first-order valence-corrected chi connectivity index (χ1v) is 6.86. The van der Waals surface area contributed by atoms with E-state index < -0.39 is 6.08 Å². The second-order valence-corrected chi connectivity index (χ2v) is 4.84. The molecule has 0 fully saturated rings. The average molecular weight is 272 g/mol. The highest BCUT2D eigenvalue weighted by Gasteiger charge is 2.07. The van der Waals surface area contributed by atoms with E-state index in [1.807, 2.05) is 60.7 Å². The van der Waals surface area contributed by atoms with Crippen molar-refractivity contribution in [3.05, 3.63) is 83.4 Å². The van der Waals surface area contributed by atoms with Gasteiger partial charge in [0.25, 0.3) is 6.08 Å². The summed E-state index contributed by atoms with van der Waals surface area (Å²) in [6.07, 6.45) is 0.681. The Kier molecular flexibility index (Phi) is 5.48. The van der Waals surface area contributed by atoms with Crippen LogP contribution in [-0.4, -0.2) is 0 Å². The van der Waals surface area contributed by atoms with Gasteiger partial charge in [0, 0.05) is 0 Å². The van der Waals surface area contributed by atoms with Crippen molar-refractivity contribution in [2.45, 2.75) is 25.7 Å². The van der Waals surface area contributed by atoms with Gasteiger partial charge in [0.05, 0.1) is 0 Å². The highest BCUT2D eigenvalue weighted by Crippen LogP contribution is 2.20. The lowest BCUT2D eigenvalue weighted by molar-refractivity contribution is 0.403. The number of hydrogen-bond acceptors (Lipinski definition) is 0. The normalized spacial score (nSPS) is 10.3. The summed E-state index contributed by atoms with van der Waals surface area (Å²) in [4.78, 5) is 0. The predicted octanol–water partition coefficient (Wildman–Crippen LogP) is 5.40. The van der Waals surface area contributed by atoms with E-state index >= 15 is 0 Å². The first kappa shape index (κ1) is 14.4. The largest absolute Gasteiger partial charge is 0.269 e. The van der Waals surface area contributed by atoms with Crippen molar-refractivity contribution in [2.75, 3.05) is 0 Å². The molecule has 0 aromatic heterocycles. The molecule has 2 aromatic rings. The van der Waals surface area contributed by atoms with Gasteiger partial charge in [-0.15, -0.1) is 0 Å². The maximum atomic E-state index is 13.0. The van der Waals surface area contributed by atoms with Crippen LogP contribution in [0.5, 0.6) is 0 Å². The van der Waals surface area contributed by atoms with Crippen LogP contribution in [0.2, 0.25) is 0 Å². The van der Waals surface area contributed by atoms with Crippen LogP contribution in [0.25, 0.3) is 0 Å². The van der Waals surface area contributed by atoms with Gasteiger partial charge in [-0.25, -0.2) is 0 Å². The fraction of sp³-hybridized carbons (Fsp3) is 0.222. The van der Waals surface area contributed by atoms with Crippen LogP contribution in [0.1, 0.15) is 24.0 Å². The van der Waals surface area contributed by atoms with Gasteiger partial charge in [-0.3, -0.25) is 0 Å². The topological polar surface area (TPSA) is 0 Å². The summed E-state index contributed by atoms with van der Waals surface area (Å²) >= 11 is 0. The second kappa shape index (κ2) is 7.59. The maximum Gasteiger partial charge on any atom is 0.269 e. The highest BCUT2D eigenvalue weighted by molar-refractivity contribution is 5.19. The van der Waals surface area contributed by atoms with Gasteiger partial charge in [-0.1, -0.05) is 60.7 Å². The number of aryl methyl sites for hydroxylation is 2. The molecule has 0 bridgehead atoms. The highest BCUT2D eigenvalue weighted by atomic mass is 19.3. The van der Waals surface area contributed by atoms with Gasteiger partial charge >= 0.3 is 0 Å². The molecule has 0 aliphatic rings. The molecule has 0 radical (unpaired) electrons. The fourth-order valence-electron chi connectivity index (χ4n) is 2.19. The van der Waals surface area contributed by atoms with Crippen LogP contribution in [0.3, 0.4) is 0 Å². The molecule has 0 amide bonds. The zero-order valence-electron chi connectivity index (χ0n) is 11.4. The molecule has 0 unspecified atom stereocenters. The molecule has 2 rings (SSSR count). The number of benzene rings is 2. The summed E-state index contributed by atoms with van der Waals surface area (Å²) in [5, 5.41) is 0. The minimum Gasteiger partial charge on any atom is -0.173 e. The van der Waals surface area contributed by atoms with E-state index in [4.69, 9.17) is 0 Å². The lowest BCUT2D eigenvalue weighted by Gasteiger charge is -2.07. The van der Waals surface area contributed by atoms with Crippen LogP contribution in [-0.2, 0) is 12.8 Å². The van der Waals surface area contributed by atoms with Gasteiger partial charge in [0.1, 0.15) is 0 Å². The third kappa shape index (κ3) is 4.61. The third-order valence-electron chi connectivity index (χ3n) is 3.38. The molecule has 0 atom stereocenters.